The molecular formula is C25H26F2N6O3S2. The van der Waals surface area contributed by atoms with Crippen LogP contribution in [-0.4, -0.2) is 64.2 Å². The number of halogens is 2. The zero-order valence-electron chi connectivity index (χ0n) is 20.8. The highest BCUT2D eigenvalue weighted by Gasteiger charge is 2.66. The molecule has 2 aliphatic heterocycles. The van der Waals surface area contributed by atoms with E-state index in [1.165, 1.54) is 42.6 Å². The van der Waals surface area contributed by atoms with Crippen LogP contribution in [0.2, 0.25) is 0 Å². The molecule has 0 bridgehead atoms. The van der Waals surface area contributed by atoms with Gasteiger partial charge in [0.15, 0.2) is 5.78 Å². The molecule has 38 heavy (non-hydrogen) atoms. The lowest BCUT2D eigenvalue weighted by molar-refractivity contribution is 0.0988. The monoisotopic (exact) mass is 560 g/mol. The van der Waals surface area contributed by atoms with Crippen molar-refractivity contribution in [2.24, 2.45) is 10.7 Å². The zero-order valence-corrected chi connectivity index (χ0v) is 22.4. The second kappa shape index (κ2) is 9.47. The first kappa shape index (κ1) is 26.3. The number of carbonyl (C=O) groups excluding carboxylic acids is 1. The van der Waals surface area contributed by atoms with Gasteiger partial charge < -0.3 is 5.73 Å². The maximum Gasteiger partial charge on any atom is 0.247 e. The third-order valence-electron chi connectivity index (χ3n) is 7.52. The summed E-state index contributed by atoms with van der Waals surface area (Å²) in [7, 11) is -2.73. The Morgan fingerprint density at radius 3 is 2.68 bits per heavy atom. The number of benzene rings is 1. The van der Waals surface area contributed by atoms with E-state index < -0.39 is 37.7 Å². The molecule has 1 saturated heterocycles. The van der Waals surface area contributed by atoms with E-state index in [9.17, 15) is 17.6 Å². The number of ketones is 1. The lowest BCUT2D eigenvalue weighted by Crippen LogP contribution is -2.66. The van der Waals surface area contributed by atoms with Crippen LogP contribution >= 0.6 is 11.3 Å². The van der Waals surface area contributed by atoms with Gasteiger partial charge in [0.2, 0.25) is 16.0 Å². The third-order valence-corrected chi connectivity index (χ3v) is 10.8. The summed E-state index contributed by atoms with van der Waals surface area (Å²) in [6.07, 6.45) is 1.00. The second-order valence-corrected chi connectivity index (χ2v) is 12.7. The van der Waals surface area contributed by atoms with Gasteiger partial charge in [-0.1, -0.05) is 6.07 Å². The summed E-state index contributed by atoms with van der Waals surface area (Å²) in [5.41, 5.74) is 7.56. The maximum absolute atomic E-state index is 15.5. The van der Waals surface area contributed by atoms with Gasteiger partial charge in [-0.3, -0.25) is 14.7 Å². The van der Waals surface area contributed by atoms with Crippen molar-refractivity contribution in [3.05, 3.63) is 81.6 Å². The number of pyridine rings is 1. The Kier molecular flexibility index (Phi) is 6.56. The predicted molar refractivity (Wildman–Crippen MR) is 139 cm³/mol. The molecule has 1 spiro atoms. The van der Waals surface area contributed by atoms with Crippen LogP contribution in [0.25, 0.3) is 0 Å². The average molecular weight is 561 g/mol. The highest BCUT2D eigenvalue weighted by molar-refractivity contribution is 7.91. The van der Waals surface area contributed by atoms with E-state index in [4.69, 9.17) is 5.73 Å². The number of guanidine groups is 1. The van der Waals surface area contributed by atoms with E-state index in [-0.39, 0.29) is 36.6 Å². The van der Waals surface area contributed by atoms with E-state index in [1.807, 2.05) is 10.3 Å². The van der Waals surface area contributed by atoms with Crippen molar-refractivity contribution in [2.75, 3.05) is 20.1 Å². The number of nitrogens with zero attached hydrogens (tertiary/aromatic N) is 5. The fraction of sp³-hybridized carbons (Fsp3) is 0.360. The molecule has 1 fully saturated rings. The number of rotatable bonds is 6. The van der Waals surface area contributed by atoms with Crippen LogP contribution in [0, 0.1) is 11.6 Å². The fourth-order valence-corrected chi connectivity index (χ4v) is 8.07. The number of hydrogen-bond acceptors (Lipinski definition) is 9. The molecular weight excluding hydrogens is 534 g/mol. The van der Waals surface area contributed by atoms with Gasteiger partial charge in [-0.25, -0.2) is 31.5 Å². The Morgan fingerprint density at radius 1 is 1.21 bits per heavy atom. The molecule has 13 heteroatoms. The number of Topliss-reactive ketones (excluding diaryl/α,β-unsaturated/α-hetero) is 1. The molecule has 9 nitrogen and oxygen atoms in total. The lowest BCUT2D eigenvalue weighted by Gasteiger charge is -2.48. The first-order chi connectivity index (χ1) is 18.0. The van der Waals surface area contributed by atoms with E-state index in [0.29, 0.717) is 18.7 Å². The molecule has 0 radical (unpaired) electrons. The van der Waals surface area contributed by atoms with Gasteiger partial charge >= 0.3 is 0 Å². The van der Waals surface area contributed by atoms with Crippen LogP contribution in [-0.2, 0) is 28.5 Å². The van der Waals surface area contributed by atoms with Crippen LogP contribution < -0.4 is 5.73 Å². The molecule has 0 unspecified atom stereocenters. The van der Waals surface area contributed by atoms with E-state index in [1.54, 1.807) is 12.4 Å². The molecule has 3 aromatic rings. The molecule has 200 valence electrons. The molecule has 2 N–H and O–H groups in total. The highest BCUT2D eigenvalue weighted by atomic mass is 32.2. The molecule has 5 rings (SSSR count). The van der Waals surface area contributed by atoms with Crippen LogP contribution in [0.1, 0.15) is 40.7 Å². The van der Waals surface area contributed by atoms with Gasteiger partial charge in [-0.05, 0) is 43.2 Å². The number of carbonyl (C=O) groups is 1. The predicted octanol–water partition coefficient (Wildman–Crippen LogP) is 2.69. The number of nitrogens with two attached hydrogens (primary N) is 1. The summed E-state index contributed by atoms with van der Waals surface area (Å²) in [5, 5.41) is 1.90. The number of thiazole rings is 1. The molecule has 0 aliphatic carbocycles. The second-order valence-electron chi connectivity index (χ2n) is 9.73. The number of likely N-dealkylation sites (tertiary alicyclic amines) is 1. The zero-order chi connectivity index (χ0) is 27.3. The first-order valence-corrected chi connectivity index (χ1v) is 14.2. The van der Waals surface area contributed by atoms with E-state index >= 15 is 4.39 Å². The number of aromatic nitrogens is 2. The summed E-state index contributed by atoms with van der Waals surface area (Å²) in [6.45, 7) is 2.56. The summed E-state index contributed by atoms with van der Waals surface area (Å²) in [6, 6.07) is 6.55. The average Bonchev–Trinajstić information content (AvgIpc) is 3.55. The number of sulfonamides is 1. The van der Waals surface area contributed by atoms with Crippen molar-refractivity contribution in [1.82, 2.24) is 19.2 Å². The normalized spacial score (nSPS) is 25.1. The minimum atomic E-state index is -4.08. The summed E-state index contributed by atoms with van der Waals surface area (Å²) >= 11 is 1.45. The summed E-state index contributed by atoms with van der Waals surface area (Å²) in [5.74, 6) is -1.86. The smallest absolute Gasteiger partial charge is 0.247 e. The van der Waals surface area contributed by atoms with Crippen molar-refractivity contribution in [2.45, 2.75) is 36.6 Å². The fourth-order valence-electron chi connectivity index (χ4n) is 5.36. The molecule has 2 atom stereocenters. The van der Waals surface area contributed by atoms with Crippen LogP contribution in [0.3, 0.4) is 0 Å². The quantitative estimate of drug-likeness (QED) is 0.460. The molecule has 4 heterocycles. The third kappa shape index (κ3) is 4.18. The Morgan fingerprint density at radius 2 is 2.00 bits per heavy atom. The largest absolute Gasteiger partial charge is 0.369 e. The van der Waals surface area contributed by atoms with Crippen molar-refractivity contribution < 1.29 is 22.0 Å². The molecule has 0 saturated carbocycles. The SMILES string of the molecule is CN1C(N)=N[C@](C)(c2cc(CC(=O)c3ccc(F)cn3)ccc2F)[C@]2(CCN(Cc3cscn3)C2)S1(=O)=O. The van der Waals surface area contributed by atoms with E-state index in [2.05, 4.69) is 15.0 Å². The van der Waals surface area contributed by atoms with Gasteiger partial charge in [0.05, 0.1) is 17.4 Å². The minimum Gasteiger partial charge on any atom is -0.369 e. The number of hydrogen-bond donors (Lipinski definition) is 1. The van der Waals surface area contributed by atoms with E-state index in [0.717, 1.165) is 22.3 Å². The van der Waals surface area contributed by atoms with Crippen molar-refractivity contribution in [3.8, 4) is 0 Å². The molecule has 2 aliphatic rings. The van der Waals surface area contributed by atoms with Gasteiger partial charge in [-0.2, -0.15) is 0 Å². The molecule has 1 aromatic carbocycles. The Balaban J connectivity index is 1.56. The Labute approximate surface area is 223 Å². The van der Waals surface area contributed by atoms with Gasteiger partial charge in [0.1, 0.15) is 27.6 Å². The summed E-state index contributed by atoms with van der Waals surface area (Å²) < 4.78 is 56.2. The minimum absolute atomic E-state index is 0.0324. The standard InChI is InChI=1S/C25H26F2N6O3S2/c1-24(19-9-16(3-5-20(19)27)10-22(34)21-6-4-17(26)11-29-21)25(38(35,36)32(2)23(28)31-24)7-8-33(14-25)12-18-13-37-15-30-18/h3-6,9,11,13,15H,7-8,10,12,14H2,1-2H3,(H2,28,31)/t24-,25-/m1/s1. The Hall–Kier alpha value is -3.29. The first-order valence-electron chi connectivity index (χ1n) is 11.8. The topological polar surface area (TPSA) is 122 Å². The lowest BCUT2D eigenvalue weighted by atomic mass is 9.77. The maximum atomic E-state index is 15.5. The highest BCUT2D eigenvalue weighted by Crippen LogP contribution is 2.51. The van der Waals surface area contributed by atoms with Crippen LogP contribution in [0.4, 0.5) is 8.78 Å². The number of aliphatic imine (C=N–C) groups is 1. The summed E-state index contributed by atoms with van der Waals surface area (Å²) in [4.78, 5) is 27.5. The van der Waals surface area contributed by atoms with Gasteiger partial charge in [0, 0.05) is 44.0 Å². The van der Waals surface area contributed by atoms with Crippen LogP contribution in [0.15, 0.2) is 52.4 Å². The van der Waals surface area contributed by atoms with Crippen molar-refractivity contribution in [1.29, 1.82) is 0 Å². The van der Waals surface area contributed by atoms with Crippen molar-refractivity contribution >= 4 is 33.1 Å². The van der Waals surface area contributed by atoms with Gasteiger partial charge in [0.25, 0.3) is 0 Å². The van der Waals surface area contributed by atoms with Gasteiger partial charge in [-0.15, -0.1) is 11.3 Å². The van der Waals surface area contributed by atoms with Crippen LogP contribution in [0.5, 0.6) is 0 Å². The molecule has 0 amide bonds. The van der Waals surface area contributed by atoms with Crippen molar-refractivity contribution in [3.63, 3.8) is 0 Å². The molecule has 2 aromatic heterocycles. The Bertz CT molecular complexity index is 1510.